The number of β-amino-alcohol motifs (C(OH)–C–C–N with tert-alkyl or cyclic N) is 1. The summed E-state index contributed by atoms with van der Waals surface area (Å²) in [5.41, 5.74) is -0.897. The summed E-state index contributed by atoms with van der Waals surface area (Å²) < 4.78 is 0. The molecular weight excluding hydrogens is 418 g/mol. The molecule has 3 amide bonds. The Labute approximate surface area is 189 Å². The maximum atomic E-state index is 13.4. The molecule has 2 heterocycles. The Morgan fingerprint density at radius 2 is 1.81 bits per heavy atom. The first-order valence-electron chi connectivity index (χ1n) is 11.0. The van der Waals surface area contributed by atoms with Gasteiger partial charge in [0.05, 0.1) is 11.7 Å². The van der Waals surface area contributed by atoms with Gasteiger partial charge in [-0.05, 0) is 36.5 Å². The molecule has 3 rings (SSSR count). The normalized spacial score (nSPS) is 26.8. The molecule has 3 N–H and O–H groups in total. The van der Waals surface area contributed by atoms with Crippen LogP contribution < -0.4 is 5.32 Å². The number of carbonyl (C=O) groups excluding carboxylic acids is 2. The molecule has 31 heavy (non-hydrogen) atoms. The molecule has 2 fully saturated rings. The second-order valence-corrected chi connectivity index (χ2v) is 10.3. The first-order chi connectivity index (χ1) is 14.4. The summed E-state index contributed by atoms with van der Waals surface area (Å²) in [5, 5.41) is 24.7. The number of benzene rings is 1. The van der Waals surface area contributed by atoms with Crippen molar-refractivity contribution in [3.05, 3.63) is 34.9 Å². The number of nitrogens with zero attached hydrogens (tertiary/aromatic N) is 2. The predicted molar refractivity (Wildman–Crippen MR) is 120 cm³/mol. The highest BCUT2D eigenvalue weighted by Crippen LogP contribution is 2.46. The van der Waals surface area contributed by atoms with Crippen molar-refractivity contribution in [2.24, 2.45) is 11.3 Å². The lowest BCUT2D eigenvalue weighted by atomic mass is 9.66. The van der Waals surface area contributed by atoms with Gasteiger partial charge in [0.25, 0.3) is 0 Å². The fraction of sp³-hybridized carbons (Fsp3) is 0.652. The van der Waals surface area contributed by atoms with E-state index in [2.05, 4.69) is 5.32 Å². The highest BCUT2D eigenvalue weighted by Gasteiger charge is 2.50. The number of carbonyl (C=O) groups is 2. The van der Waals surface area contributed by atoms with E-state index in [0.29, 0.717) is 37.5 Å². The summed E-state index contributed by atoms with van der Waals surface area (Å²) >= 11 is 6.01. The van der Waals surface area contributed by atoms with Crippen molar-refractivity contribution in [1.29, 1.82) is 0 Å². The zero-order valence-corrected chi connectivity index (χ0v) is 19.5. The van der Waals surface area contributed by atoms with Crippen molar-refractivity contribution < 1.29 is 19.8 Å². The molecule has 0 unspecified atom stereocenters. The van der Waals surface area contributed by atoms with Crippen molar-refractivity contribution >= 4 is 23.5 Å². The quantitative estimate of drug-likeness (QED) is 0.656. The van der Waals surface area contributed by atoms with E-state index in [1.165, 1.54) is 0 Å². The van der Waals surface area contributed by atoms with Gasteiger partial charge in [-0.15, -0.1) is 0 Å². The topological polar surface area (TPSA) is 93.1 Å². The van der Waals surface area contributed by atoms with E-state index in [-0.39, 0.29) is 24.4 Å². The largest absolute Gasteiger partial charge is 0.391 e. The standard InChI is InChI=1S/C23H34ClN3O4/c1-15(2)19(25-21(30)26-11-9-18(28)13-26)20(29)27-12-10-23(31,22(3,4)14-27)16-5-7-17(24)8-6-16/h5-8,15,18-19,28,31H,9-14H2,1-4H3,(H,25,30)/t18-,19-,23+/m1/s1. The van der Waals surface area contributed by atoms with Crippen LogP contribution in [-0.2, 0) is 10.4 Å². The number of halogens is 1. The van der Waals surface area contributed by atoms with Gasteiger partial charge in [0.1, 0.15) is 6.04 Å². The third kappa shape index (κ3) is 4.83. The number of hydrogen-bond acceptors (Lipinski definition) is 4. The Kier molecular flexibility index (Phi) is 6.89. The van der Waals surface area contributed by atoms with Gasteiger partial charge in [-0.3, -0.25) is 4.79 Å². The molecule has 0 saturated carbocycles. The fourth-order valence-electron chi connectivity index (χ4n) is 4.63. The number of hydrogen-bond donors (Lipinski definition) is 3. The zero-order chi connectivity index (χ0) is 23.0. The van der Waals surface area contributed by atoms with Gasteiger partial charge < -0.3 is 25.3 Å². The first kappa shape index (κ1) is 23.8. The van der Waals surface area contributed by atoms with E-state index in [4.69, 9.17) is 11.6 Å². The van der Waals surface area contributed by atoms with E-state index in [0.717, 1.165) is 5.56 Å². The highest BCUT2D eigenvalue weighted by molar-refractivity contribution is 6.30. The molecule has 2 saturated heterocycles. The summed E-state index contributed by atoms with van der Waals surface area (Å²) in [6.07, 6.45) is 0.439. The molecule has 2 aliphatic heterocycles. The third-order valence-corrected chi connectivity index (χ3v) is 7.00. The highest BCUT2D eigenvalue weighted by atomic mass is 35.5. The summed E-state index contributed by atoms with van der Waals surface area (Å²) in [7, 11) is 0. The van der Waals surface area contributed by atoms with E-state index < -0.39 is 23.2 Å². The first-order valence-corrected chi connectivity index (χ1v) is 11.3. The van der Waals surface area contributed by atoms with Crippen LogP contribution in [0.1, 0.15) is 46.1 Å². The summed E-state index contributed by atoms with van der Waals surface area (Å²) in [6, 6.07) is 6.22. The number of likely N-dealkylation sites (tertiary alicyclic amines) is 2. The summed E-state index contributed by atoms with van der Waals surface area (Å²) in [6.45, 7) is 9.24. The lowest BCUT2D eigenvalue weighted by Crippen LogP contribution is -2.61. The van der Waals surface area contributed by atoms with Crippen molar-refractivity contribution in [3.63, 3.8) is 0 Å². The minimum atomic E-state index is -1.09. The van der Waals surface area contributed by atoms with Gasteiger partial charge in [-0.2, -0.15) is 0 Å². The van der Waals surface area contributed by atoms with Crippen molar-refractivity contribution in [1.82, 2.24) is 15.1 Å². The zero-order valence-electron chi connectivity index (χ0n) is 18.8. The number of amides is 3. The van der Waals surface area contributed by atoms with E-state index in [9.17, 15) is 19.8 Å². The van der Waals surface area contributed by atoms with Crippen molar-refractivity contribution in [2.45, 2.75) is 58.3 Å². The predicted octanol–water partition coefficient (Wildman–Crippen LogP) is 2.59. The van der Waals surface area contributed by atoms with Gasteiger partial charge in [0.15, 0.2) is 0 Å². The Hall–Kier alpha value is -1.83. The van der Waals surface area contributed by atoms with E-state index in [1.807, 2.05) is 39.8 Å². The summed E-state index contributed by atoms with van der Waals surface area (Å²) in [5.74, 6) is -0.238. The molecule has 0 spiro atoms. The lowest BCUT2D eigenvalue weighted by Gasteiger charge is -2.51. The smallest absolute Gasteiger partial charge is 0.318 e. The van der Waals surface area contributed by atoms with Crippen LogP contribution in [0.2, 0.25) is 5.02 Å². The number of urea groups is 1. The van der Waals surface area contributed by atoms with E-state index >= 15 is 0 Å². The maximum Gasteiger partial charge on any atom is 0.318 e. The Morgan fingerprint density at radius 3 is 2.32 bits per heavy atom. The monoisotopic (exact) mass is 451 g/mol. The lowest BCUT2D eigenvalue weighted by molar-refractivity contribution is -0.155. The molecular formula is C23H34ClN3O4. The van der Waals surface area contributed by atoms with Crippen molar-refractivity contribution in [2.75, 3.05) is 26.2 Å². The SMILES string of the molecule is CC(C)[C@@H](NC(=O)N1CC[C@@H](O)C1)C(=O)N1CC[C@](O)(c2ccc(Cl)cc2)C(C)(C)C1. The second kappa shape index (κ2) is 8.96. The number of aliphatic hydroxyl groups is 2. The van der Waals surface area contributed by atoms with Gasteiger partial charge in [0.2, 0.25) is 5.91 Å². The molecule has 0 aliphatic carbocycles. The van der Waals surface area contributed by atoms with Crippen LogP contribution in [0.4, 0.5) is 4.79 Å². The van der Waals surface area contributed by atoms with Crippen LogP contribution in [0.25, 0.3) is 0 Å². The van der Waals surface area contributed by atoms with Gasteiger partial charge >= 0.3 is 6.03 Å². The molecule has 0 bridgehead atoms. The number of piperidine rings is 1. The van der Waals surface area contributed by atoms with Crippen LogP contribution in [0.3, 0.4) is 0 Å². The minimum absolute atomic E-state index is 0.0934. The molecule has 8 heteroatoms. The molecule has 1 aromatic carbocycles. The Balaban J connectivity index is 1.72. The number of aliphatic hydroxyl groups excluding tert-OH is 1. The van der Waals surface area contributed by atoms with Gasteiger partial charge in [-0.25, -0.2) is 4.79 Å². The fourth-order valence-corrected chi connectivity index (χ4v) is 4.76. The third-order valence-electron chi connectivity index (χ3n) is 6.75. The molecule has 0 aromatic heterocycles. The van der Waals surface area contributed by atoms with Crippen LogP contribution >= 0.6 is 11.6 Å². The average molecular weight is 452 g/mol. The molecule has 1 aromatic rings. The Morgan fingerprint density at radius 1 is 1.16 bits per heavy atom. The molecule has 0 radical (unpaired) electrons. The number of nitrogens with one attached hydrogen (secondary N) is 1. The van der Waals surface area contributed by atoms with Crippen LogP contribution in [0.5, 0.6) is 0 Å². The summed E-state index contributed by atoms with van der Waals surface area (Å²) in [4.78, 5) is 29.3. The maximum absolute atomic E-state index is 13.4. The van der Waals surface area contributed by atoms with Gasteiger partial charge in [0, 0.05) is 36.6 Å². The van der Waals surface area contributed by atoms with Crippen LogP contribution in [-0.4, -0.2) is 70.3 Å². The van der Waals surface area contributed by atoms with Gasteiger partial charge in [-0.1, -0.05) is 51.4 Å². The molecule has 172 valence electrons. The number of rotatable bonds is 4. The Bertz CT molecular complexity index is 814. The molecule has 2 aliphatic rings. The van der Waals surface area contributed by atoms with Crippen molar-refractivity contribution in [3.8, 4) is 0 Å². The molecule has 3 atom stereocenters. The van der Waals surface area contributed by atoms with Crippen LogP contribution in [0.15, 0.2) is 24.3 Å². The second-order valence-electron chi connectivity index (χ2n) is 9.82. The molecule has 7 nitrogen and oxygen atoms in total. The van der Waals surface area contributed by atoms with Crippen LogP contribution in [0, 0.1) is 11.3 Å². The van der Waals surface area contributed by atoms with E-state index in [1.54, 1.807) is 21.9 Å². The average Bonchev–Trinajstić information content (AvgIpc) is 3.14. The minimum Gasteiger partial charge on any atom is -0.391 e.